The number of likely N-dealkylation sites (N-methyl/N-ethyl adjacent to an activating group) is 1. The van der Waals surface area contributed by atoms with Gasteiger partial charge in [0.15, 0.2) is 0 Å². The van der Waals surface area contributed by atoms with Crippen molar-refractivity contribution in [3.05, 3.63) is 28.2 Å². The van der Waals surface area contributed by atoms with E-state index in [0.29, 0.717) is 75.5 Å². The predicted octanol–water partition coefficient (Wildman–Crippen LogP) is 11.5. The molecule has 2 heterocycles. The van der Waals surface area contributed by atoms with Crippen LogP contribution in [0.1, 0.15) is 208 Å². The zero-order valence-electron chi connectivity index (χ0n) is 36.8. The van der Waals surface area contributed by atoms with Gasteiger partial charge >= 0.3 is 5.97 Å². The van der Waals surface area contributed by atoms with Crippen LogP contribution in [0, 0.1) is 0 Å². The number of thiophene rings is 1. The third-order valence-corrected chi connectivity index (χ3v) is 12.1. The van der Waals surface area contributed by atoms with Crippen molar-refractivity contribution < 1.29 is 23.9 Å². The topological polar surface area (TPSA) is 108 Å². The first-order chi connectivity index (χ1) is 27.8. The quantitative estimate of drug-likeness (QED) is 0.0401. The zero-order chi connectivity index (χ0) is 41.4. The summed E-state index contributed by atoms with van der Waals surface area (Å²) in [6.45, 7) is 7.23. The van der Waals surface area contributed by atoms with Crippen LogP contribution in [-0.4, -0.2) is 73.8 Å². The number of amides is 3. The van der Waals surface area contributed by atoms with Crippen molar-refractivity contribution in [2.45, 2.75) is 200 Å². The number of rotatable bonds is 35. The first-order valence-corrected chi connectivity index (χ1v) is 24.0. The Balaban J connectivity index is 1.73. The predicted molar refractivity (Wildman–Crippen MR) is 239 cm³/mol. The van der Waals surface area contributed by atoms with E-state index in [-0.39, 0.29) is 30.1 Å². The lowest BCUT2D eigenvalue weighted by Crippen LogP contribution is -2.36. The molecule has 0 aliphatic carbocycles. The molecule has 0 aromatic carbocycles. The van der Waals surface area contributed by atoms with E-state index in [0.717, 1.165) is 49.0 Å². The Morgan fingerprint density at radius 1 is 0.702 bits per heavy atom. The zero-order valence-corrected chi connectivity index (χ0v) is 37.6. The van der Waals surface area contributed by atoms with Gasteiger partial charge in [0, 0.05) is 43.8 Å². The smallest absolute Gasteiger partial charge is 0.305 e. The molecule has 1 aromatic heterocycles. The lowest BCUT2D eigenvalue weighted by molar-refractivity contribution is -0.144. The highest BCUT2D eigenvalue weighted by atomic mass is 32.1. The van der Waals surface area contributed by atoms with Gasteiger partial charge in [0.05, 0.1) is 18.7 Å². The number of ether oxygens (including phenoxy) is 1. The van der Waals surface area contributed by atoms with Gasteiger partial charge in [-0.15, -0.1) is 11.3 Å². The first kappa shape index (κ1) is 50.4. The van der Waals surface area contributed by atoms with E-state index in [2.05, 4.69) is 36.6 Å². The number of nitrogens with one attached hydrogen (secondary N) is 2. The molecule has 10 heteroatoms. The molecule has 0 saturated carbocycles. The fourth-order valence-corrected chi connectivity index (χ4v) is 8.62. The van der Waals surface area contributed by atoms with Crippen molar-refractivity contribution in [3.8, 4) is 0 Å². The Morgan fingerprint density at radius 2 is 1.25 bits per heavy atom. The maximum atomic E-state index is 13.5. The molecule has 0 atom stereocenters. The number of unbranched alkanes of at least 4 members (excludes halogenated alkanes) is 20. The minimum Gasteiger partial charge on any atom is -0.466 e. The summed E-state index contributed by atoms with van der Waals surface area (Å²) in [6.07, 6.45) is 34.6. The van der Waals surface area contributed by atoms with Gasteiger partial charge in [0.25, 0.3) is 5.91 Å². The van der Waals surface area contributed by atoms with E-state index < -0.39 is 0 Å². The Hall–Kier alpha value is -2.72. The number of anilines is 1. The van der Waals surface area contributed by atoms with Crippen molar-refractivity contribution in [1.29, 1.82) is 0 Å². The molecule has 3 amide bonds. The average Bonchev–Trinajstić information content (AvgIpc) is 3.55. The molecular weight excluding hydrogens is 733 g/mol. The van der Waals surface area contributed by atoms with Gasteiger partial charge in [-0.1, -0.05) is 129 Å². The second-order valence-corrected chi connectivity index (χ2v) is 17.6. The summed E-state index contributed by atoms with van der Waals surface area (Å²) in [4.78, 5) is 56.9. The maximum absolute atomic E-state index is 13.5. The number of fused-ring (bicyclic) bond motifs is 1. The van der Waals surface area contributed by atoms with E-state index in [1.54, 1.807) is 0 Å². The Morgan fingerprint density at radius 3 is 1.86 bits per heavy atom. The Kier molecular flexibility index (Phi) is 29.3. The number of hydrogen-bond acceptors (Lipinski definition) is 7. The second kappa shape index (κ2) is 33.1. The van der Waals surface area contributed by atoms with E-state index in [1.165, 1.54) is 114 Å². The Labute approximate surface area is 351 Å². The molecule has 57 heavy (non-hydrogen) atoms. The van der Waals surface area contributed by atoms with Crippen LogP contribution in [-0.2, 0) is 32.1 Å². The van der Waals surface area contributed by atoms with Crippen molar-refractivity contribution in [2.24, 2.45) is 0 Å². The molecule has 0 spiro atoms. The van der Waals surface area contributed by atoms with Gasteiger partial charge in [-0.2, -0.15) is 0 Å². The number of carbonyl (C=O) groups is 4. The average molecular weight is 815 g/mol. The monoisotopic (exact) mass is 815 g/mol. The second-order valence-electron chi connectivity index (χ2n) is 16.5. The molecule has 9 nitrogen and oxygen atoms in total. The molecule has 0 unspecified atom stereocenters. The lowest BCUT2D eigenvalue weighted by Gasteiger charge is -2.27. The molecule has 1 aliphatic rings. The van der Waals surface area contributed by atoms with Gasteiger partial charge in [-0.3, -0.25) is 19.2 Å². The summed E-state index contributed by atoms with van der Waals surface area (Å²) in [5.41, 5.74) is 1.48. The highest BCUT2D eigenvalue weighted by molar-refractivity contribution is 7.17. The van der Waals surface area contributed by atoms with Crippen molar-refractivity contribution in [2.75, 3.05) is 45.7 Å². The summed E-state index contributed by atoms with van der Waals surface area (Å²) in [5, 5.41) is 6.61. The molecule has 2 rings (SSSR count). The van der Waals surface area contributed by atoms with Gasteiger partial charge in [-0.25, -0.2) is 0 Å². The fourth-order valence-electron chi connectivity index (χ4n) is 7.35. The summed E-state index contributed by atoms with van der Waals surface area (Å²) in [6, 6.07) is 0. The molecule has 1 aromatic rings. The van der Waals surface area contributed by atoms with Crippen LogP contribution in [0.3, 0.4) is 0 Å². The third-order valence-electron chi connectivity index (χ3n) is 10.9. The molecule has 1 aliphatic heterocycles. The molecule has 0 bridgehead atoms. The van der Waals surface area contributed by atoms with Crippen molar-refractivity contribution in [1.82, 2.24) is 15.1 Å². The standard InChI is InChI=1S/C47H82N4O5S/c1-5-7-9-11-13-15-16-17-18-19-20-21-23-25-27-32-43(53)51-36-34-40-41(39-51)57-47(45(40)46(55)48-35-37-50(3)4)49-42(52)31-28-29-33-44(54)56-38-30-26-24-22-14-12-10-8-6-2/h17-18H,5-16,19-39H2,1-4H3,(H,48,55)(H,49,52)/b18-17-. The largest absolute Gasteiger partial charge is 0.466 e. The van der Waals surface area contributed by atoms with Gasteiger partial charge < -0.3 is 25.2 Å². The molecular formula is C47H82N4O5S. The number of esters is 1. The van der Waals surface area contributed by atoms with Crippen LogP contribution < -0.4 is 10.6 Å². The van der Waals surface area contributed by atoms with Gasteiger partial charge in [0.2, 0.25) is 11.8 Å². The maximum Gasteiger partial charge on any atom is 0.305 e. The number of nitrogens with zero attached hydrogens (tertiary/aromatic N) is 2. The minimum absolute atomic E-state index is 0.168. The lowest BCUT2D eigenvalue weighted by atomic mass is 10.0. The molecule has 0 saturated heterocycles. The van der Waals surface area contributed by atoms with E-state index in [1.807, 2.05) is 23.9 Å². The molecule has 0 radical (unpaired) electrons. The third kappa shape index (κ3) is 24.1. The summed E-state index contributed by atoms with van der Waals surface area (Å²) in [7, 11) is 3.93. The van der Waals surface area contributed by atoms with Crippen LogP contribution in [0.15, 0.2) is 12.2 Å². The SMILES string of the molecule is CCCCCCCC/C=C\CCCCCCCC(=O)N1CCc2c(sc(NC(=O)CCCCC(=O)OCCCCCCCCCCC)c2C(=O)NCCN(C)C)C1. The highest BCUT2D eigenvalue weighted by Crippen LogP contribution is 2.37. The van der Waals surface area contributed by atoms with Crippen LogP contribution in [0.25, 0.3) is 0 Å². The van der Waals surface area contributed by atoms with Crippen molar-refractivity contribution in [3.63, 3.8) is 0 Å². The van der Waals surface area contributed by atoms with Crippen LogP contribution in [0.4, 0.5) is 5.00 Å². The summed E-state index contributed by atoms with van der Waals surface area (Å²) >= 11 is 1.42. The van der Waals surface area contributed by atoms with Crippen LogP contribution >= 0.6 is 11.3 Å². The molecule has 326 valence electrons. The van der Waals surface area contributed by atoms with Crippen molar-refractivity contribution >= 4 is 40.0 Å². The summed E-state index contributed by atoms with van der Waals surface area (Å²) in [5.74, 6) is -0.390. The van der Waals surface area contributed by atoms with E-state index in [9.17, 15) is 19.2 Å². The first-order valence-electron chi connectivity index (χ1n) is 23.2. The van der Waals surface area contributed by atoms with E-state index in [4.69, 9.17) is 4.74 Å². The van der Waals surface area contributed by atoms with Gasteiger partial charge in [-0.05, 0) is 77.4 Å². The Bertz CT molecular complexity index is 1280. The normalized spacial score (nSPS) is 12.7. The van der Waals surface area contributed by atoms with Gasteiger partial charge in [0.1, 0.15) is 5.00 Å². The minimum atomic E-state index is -0.200. The van der Waals surface area contributed by atoms with E-state index >= 15 is 0 Å². The summed E-state index contributed by atoms with van der Waals surface area (Å²) < 4.78 is 5.42. The van der Waals surface area contributed by atoms with Crippen LogP contribution in [0.2, 0.25) is 0 Å². The van der Waals surface area contributed by atoms with Crippen LogP contribution in [0.5, 0.6) is 0 Å². The number of hydrogen-bond donors (Lipinski definition) is 2. The molecule has 2 N–H and O–H groups in total. The molecule has 0 fully saturated rings. The number of allylic oxidation sites excluding steroid dienone is 2. The fraction of sp³-hybridized carbons (Fsp3) is 0.787. The number of carbonyl (C=O) groups excluding carboxylic acids is 4. The highest BCUT2D eigenvalue weighted by Gasteiger charge is 2.30.